The molecule has 1 aliphatic heterocycles. The van der Waals surface area contributed by atoms with Crippen LogP contribution in [0.3, 0.4) is 0 Å². The van der Waals surface area contributed by atoms with Crippen LogP contribution in [0.2, 0.25) is 0 Å². The van der Waals surface area contributed by atoms with Crippen LogP contribution >= 0.6 is 0 Å². The fourth-order valence-corrected chi connectivity index (χ4v) is 2.93. The highest BCUT2D eigenvalue weighted by Gasteiger charge is 2.53. The molecule has 0 bridgehead atoms. The second kappa shape index (κ2) is 3.96. The van der Waals surface area contributed by atoms with E-state index in [9.17, 15) is 15.0 Å². The third-order valence-electron chi connectivity index (χ3n) is 4.07. The predicted octanol–water partition coefficient (Wildman–Crippen LogP) is -1.04. The lowest BCUT2D eigenvalue weighted by molar-refractivity contribution is -0.137. The third kappa shape index (κ3) is 1.81. The number of hydrogen-bond donors (Lipinski definition) is 4. The Bertz CT molecular complexity index is 371. The molecule has 1 heterocycles. The molecule has 6 nitrogen and oxygen atoms in total. The van der Waals surface area contributed by atoms with Gasteiger partial charge in [-0.25, -0.2) is 4.99 Å². The molecule has 0 aromatic rings. The van der Waals surface area contributed by atoms with E-state index in [2.05, 4.69) is 10.3 Å². The Hall–Kier alpha value is -1.14. The lowest BCUT2D eigenvalue weighted by Gasteiger charge is -2.47. The number of nitrogens with two attached hydrogens (primary N) is 1. The van der Waals surface area contributed by atoms with E-state index in [1.165, 1.54) is 0 Å². The van der Waals surface area contributed by atoms with E-state index in [1.807, 2.05) is 13.8 Å². The Balaban J connectivity index is 2.39. The van der Waals surface area contributed by atoms with Gasteiger partial charge in [0.25, 0.3) is 5.91 Å². The number of aliphatic imine (C=N–C) groups is 1. The Labute approximate surface area is 99.9 Å². The van der Waals surface area contributed by atoms with Crippen molar-refractivity contribution in [1.29, 1.82) is 0 Å². The number of nitrogens with zero attached hydrogens (tertiary/aromatic N) is 1. The van der Waals surface area contributed by atoms with E-state index in [0.717, 1.165) is 0 Å². The van der Waals surface area contributed by atoms with Gasteiger partial charge < -0.3 is 15.9 Å². The zero-order chi connectivity index (χ0) is 12.8. The van der Waals surface area contributed by atoms with Crippen LogP contribution in [0, 0.1) is 11.8 Å². The maximum absolute atomic E-state index is 11.6. The maximum atomic E-state index is 11.6. The van der Waals surface area contributed by atoms with Crippen molar-refractivity contribution in [2.45, 2.75) is 44.4 Å². The first-order valence-corrected chi connectivity index (χ1v) is 5.89. The lowest BCUT2D eigenvalue weighted by atomic mass is 9.65. The van der Waals surface area contributed by atoms with Crippen LogP contribution < -0.4 is 11.1 Å². The second-order valence-electron chi connectivity index (χ2n) is 5.27. The van der Waals surface area contributed by atoms with Gasteiger partial charge in [0.1, 0.15) is 5.54 Å². The quantitative estimate of drug-likeness (QED) is 0.434. The van der Waals surface area contributed by atoms with Crippen LogP contribution in [-0.4, -0.2) is 39.8 Å². The van der Waals surface area contributed by atoms with Gasteiger partial charge in [-0.1, -0.05) is 13.8 Å². The van der Waals surface area contributed by atoms with Crippen molar-refractivity contribution in [2.75, 3.05) is 0 Å². The standard InChI is InChI=1S/C11H19N3O3/c1-5-3-6(2)11(4-7(5)15)8(16)9(17)13-10(12)14-11/h5-8,15-16H,3-4H2,1-2H3,(H3,12,13,14,17)/t5-,6+,7+,8-,11-/m1/s1. The highest BCUT2D eigenvalue weighted by atomic mass is 16.3. The fourth-order valence-electron chi connectivity index (χ4n) is 2.93. The monoisotopic (exact) mass is 241 g/mol. The Morgan fingerprint density at radius 2 is 2.12 bits per heavy atom. The van der Waals surface area contributed by atoms with Gasteiger partial charge in [-0.15, -0.1) is 0 Å². The highest BCUT2D eigenvalue weighted by Crippen LogP contribution is 2.42. The molecule has 0 aromatic carbocycles. The van der Waals surface area contributed by atoms with Gasteiger partial charge in [0, 0.05) is 6.42 Å². The van der Waals surface area contributed by atoms with Crippen molar-refractivity contribution in [1.82, 2.24) is 5.32 Å². The first-order chi connectivity index (χ1) is 7.86. The summed E-state index contributed by atoms with van der Waals surface area (Å²) >= 11 is 0. The van der Waals surface area contributed by atoms with Crippen LogP contribution in [-0.2, 0) is 4.79 Å². The number of aliphatic hydroxyl groups is 2. The van der Waals surface area contributed by atoms with E-state index in [1.54, 1.807) is 0 Å². The predicted molar refractivity (Wildman–Crippen MR) is 62.1 cm³/mol. The summed E-state index contributed by atoms with van der Waals surface area (Å²) in [6.45, 7) is 3.89. The van der Waals surface area contributed by atoms with Crippen LogP contribution in [0.5, 0.6) is 0 Å². The first-order valence-electron chi connectivity index (χ1n) is 5.89. The summed E-state index contributed by atoms with van der Waals surface area (Å²) in [4.78, 5) is 15.8. The molecule has 6 heteroatoms. The van der Waals surface area contributed by atoms with Gasteiger partial charge in [0.15, 0.2) is 12.1 Å². The molecular formula is C11H19N3O3. The minimum atomic E-state index is -1.24. The molecule has 1 spiro atoms. The van der Waals surface area contributed by atoms with E-state index in [0.29, 0.717) is 6.42 Å². The van der Waals surface area contributed by atoms with Crippen molar-refractivity contribution >= 4 is 11.9 Å². The molecule has 0 aromatic heterocycles. The number of guanidine groups is 1. The Kier molecular flexibility index (Phi) is 2.87. The van der Waals surface area contributed by atoms with Gasteiger partial charge in [0.05, 0.1) is 6.10 Å². The number of nitrogens with one attached hydrogen (secondary N) is 1. The van der Waals surface area contributed by atoms with Crippen molar-refractivity contribution in [2.24, 2.45) is 22.6 Å². The minimum Gasteiger partial charge on any atom is -0.393 e. The molecule has 5 atom stereocenters. The van der Waals surface area contributed by atoms with Crippen molar-refractivity contribution in [3.8, 4) is 0 Å². The van der Waals surface area contributed by atoms with Crippen molar-refractivity contribution in [3.63, 3.8) is 0 Å². The summed E-state index contributed by atoms with van der Waals surface area (Å²) in [6.07, 6.45) is -0.831. The average Bonchev–Trinajstić information content (AvgIpc) is 2.23. The molecule has 1 fully saturated rings. The molecule has 1 aliphatic carbocycles. The fraction of sp³-hybridized carbons (Fsp3) is 0.818. The van der Waals surface area contributed by atoms with Gasteiger partial charge in [-0.2, -0.15) is 0 Å². The zero-order valence-corrected chi connectivity index (χ0v) is 10.1. The number of carbonyl (C=O) groups is 1. The topological polar surface area (TPSA) is 108 Å². The zero-order valence-electron chi connectivity index (χ0n) is 10.1. The van der Waals surface area contributed by atoms with Crippen molar-refractivity contribution < 1.29 is 15.0 Å². The highest BCUT2D eigenvalue weighted by molar-refractivity contribution is 6.01. The van der Waals surface area contributed by atoms with E-state index in [4.69, 9.17) is 5.73 Å². The third-order valence-corrected chi connectivity index (χ3v) is 4.07. The van der Waals surface area contributed by atoms with Gasteiger partial charge in [-0.3, -0.25) is 10.1 Å². The van der Waals surface area contributed by atoms with Crippen LogP contribution in [0.15, 0.2) is 4.99 Å². The molecule has 0 unspecified atom stereocenters. The van der Waals surface area contributed by atoms with Crippen LogP contribution in [0.25, 0.3) is 0 Å². The summed E-state index contributed by atoms with van der Waals surface area (Å²) in [5.74, 6) is -0.371. The molecule has 0 saturated heterocycles. The first kappa shape index (κ1) is 12.3. The van der Waals surface area contributed by atoms with E-state index in [-0.39, 0.29) is 24.2 Å². The number of aliphatic hydroxyl groups excluding tert-OH is 2. The van der Waals surface area contributed by atoms with E-state index >= 15 is 0 Å². The summed E-state index contributed by atoms with van der Waals surface area (Å²) in [5, 5.41) is 22.3. The summed E-state index contributed by atoms with van der Waals surface area (Å²) in [6, 6.07) is 0. The molecule has 17 heavy (non-hydrogen) atoms. The normalized spacial score (nSPS) is 46.6. The summed E-state index contributed by atoms with van der Waals surface area (Å²) in [5.41, 5.74) is 4.59. The Morgan fingerprint density at radius 1 is 1.47 bits per heavy atom. The molecule has 2 rings (SSSR count). The number of rotatable bonds is 0. The Morgan fingerprint density at radius 3 is 2.76 bits per heavy atom. The number of hydrogen-bond acceptors (Lipinski definition) is 5. The molecule has 1 saturated carbocycles. The summed E-state index contributed by atoms with van der Waals surface area (Å²) in [7, 11) is 0. The molecule has 1 amide bonds. The van der Waals surface area contributed by atoms with Crippen LogP contribution in [0.1, 0.15) is 26.7 Å². The van der Waals surface area contributed by atoms with Crippen LogP contribution in [0.4, 0.5) is 0 Å². The van der Waals surface area contributed by atoms with Gasteiger partial charge in [0.2, 0.25) is 0 Å². The van der Waals surface area contributed by atoms with Crippen molar-refractivity contribution in [3.05, 3.63) is 0 Å². The number of carbonyl (C=O) groups excluding carboxylic acids is 1. The number of amides is 1. The minimum absolute atomic E-state index is 0.000463. The molecule has 0 radical (unpaired) electrons. The molecule has 2 aliphatic rings. The lowest BCUT2D eigenvalue weighted by Crippen LogP contribution is -2.64. The SMILES string of the molecule is C[C@@H]1C[C@H](C)[C@@]2(C[C@@H]1O)N=C(N)NC(=O)[C@H]2O. The average molecular weight is 241 g/mol. The summed E-state index contributed by atoms with van der Waals surface area (Å²) < 4.78 is 0. The van der Waals surface area contributed by atoms with E-state index < -0.39 is 23.7 Å². The maximum Gasteiger partial charge on any atom is 0.258 e. The smallest absolute Gasteiger partial charge is 0.258 e. The largest absolute Gasteiger partial charge is 0.393 e. The molecule has 96 valence electrons. The van der Waals surface area contributed by atoms with Gasteiger partial charge >= 0.3 is 0 Å². The molecule has 5 N–H and O–H groups in total. The second-order valence-corrected chi connectivity index (χ2v) is 5.27. The molecular weight excluding hydrogens is 222 g/mol. The van der Waals surface area contributed by atoms with Gasteiger partial charge in [-0.05, 0) is 18.3 Å².